The van der Waals surface area contributed by atoms with Gasteiger partial charge >= 0.3 is 0 Å². The third-order valence-electron chi connectivity index (χ3n) is 4.17. The second kappa shape index (κ2) is 6.32. The maximum atomic E-state index is 11.8. The molecule has 0 aromatic heterocycles. The number of halogens is 4. The van der Waals surface area contributed by atoms with Crippen molar-refractivity contribution in [3.05, 3.63) is 56.5 Å². The number of hydrogen-bond donors (Lipinski definition) is 0. The summed E-state index contributed by atoms with van der Waals surface area (Å²) in [4.78, 5) is 23.5. The van der Waals surface area contributed by atoms with Crippen LogP contribution in [0.4, 0.5) is 0 Å². The molecule has 0 saturated carbocycles. The molecule has 0 saturated heterocycles. The fraction of sp³-hybridized carbons (Fsp3) is 0.176. The van der Waals surface area contributed by atoms with Crippen LogP contribution in [-0.2, 0) is 15.0 Å². The van der Waals surface area contributed by atoms with Crippen LogP contribution in [0.3, 0.4) is 0 Å². The van der Waals surface area contributed by atoms with E-state index in [-0.39, 0.29) is 12.8 Å². The van der Waals surface area contributed by atoms with Crippen molar-refractivity contribution in [2.45, 2.75) is 18.3 Å². The van der Waals surface area contributed by atoms with Crippen LogP contribution in [0.25, 0.3) is 11.1 Å². The van der Waals surface area contributed by atoms with Crippen molar-refractivity contribution in [2.24, 2.45) is 0 Å². The Hall–Kier alpha value is -0.680. The molecule has 118 valence electrons. The molecule has 2 nitrogen and oxygen atoms in total. The summed E-state index contributed by atoms with van der Waals surface area (Å²) >= 11 is 18.4. The highest BCUT2D eigenvalue weighted by atomic mass is 79.9. The predicted molar refractivity (Wildman–Crippen MR) is 99.0 cm³/mol. The first kappa shape index (κ1) is 17.2. The van der Waals surface area contributed by atoms with Gasteiger partial charge in [0.05, 0.1) is 0 Å². The van der Waals surface area contributed by atoms with Crippen LogP contribution in [0, 0.1) is 0 Å². The van der Waals surface area contributed by atoms with Gasteiger partial charge in [-0.3, -0.25) is 9.59 Å². The summed E-state index contributed by atoms with van der Waals surface area (Å²) in [7, 11) is 0. The third-order valence-corrected chi connectivity index (χ3v) is 5.42. The summed E-state index contributed by atoms with van der Waals surface area (Å²) in [5.74, 6) is 0. The Balaban J connectivity index is 2.36. The van der Waals surface area contributed by atoms with Gasteiger partial charge in [0, 0.05) is 27.2 Å². The van der Waals surface area contributed by atoms with Gasteiger partial charge in [-0.1, -0.05) is 44.0 Å². The quantitative estimate of drug-likeness (QED) is 0.523. The molecule has 0 N–H and O–H groups in total. The number of rotatable bonds is 4. The van der Waals surface area contributed by atoms with Gasteiger partial charge in [0.15, 0.2) is 0 Å². The SMILES string of the molecule is O=C(Cl)CC1(CC(=O)Cl)c2cc(Br)ccc2-c2ccc(Br)cc21. The number of fused-ring (bicyclic) bond motifs is 3. The Morgan fingerprint density at radius 2 is 1.22 bits per heavy atom. The first-order valence-electron chi connectivity index (χ1n) is 6.80. The van der Waals surface area contributed by atoms with Crippen LogP contribution in [0.2, 0.25) is 0 Å². The van der Waals surface area contributed by atoms with Gasteiger partial charge in [0.2, 0.25) is 10.5 Å². The largest absolute Gasteiger partial charge is 0.281 e. The zero-order valence-electron chi connectivity index (χ0n) is 11.7. The first-order valence-corrected chi connectivity index (χ1v) is 9.15. The molecule has 1 aliphatic carbocycles. The number of benzene rings is 2. The van der Waals surface area contributed by atoms with E-state index in [0.29, 0.717) is 0 Å². The Bertz CT molecular complexity index is 764. The molecule has 0 radical (unpaired) electrons. The van der Waals surface area contributed by atoms with Crippen LogP contribution < -0.4 is 0 Å². The molecule has 0 atom stereocenters. The van der Waals surface area contributed by atoms with Crippen molar-refractivity contribution in [3.8, 4) is 11.1 Å². The molecule has 0 fully saturated rings. The van der Waals surface area contributed by atoms with Crippen molar-refractivity contribution in [1.29, 1.82) is 0 Å². The molecule has 0 unspecified atom stereocenters. The molecule has 0 bridgehead atoms. The lowest BCUT2D eigenvalue weighted by molar-refractivity contribution is -0.114. The molecule has 0 amide bonds. The number of carbonyl (C=O) groups is 2. The topological polar surface area (TPSA) is 34.1 Å². The van der Waals surface area contributed by atoms with Crippen LogP contribution in [0.5, 0.6) is 0 Å². The van der Waals surface area contributed by atoms with Gasteiger partial charge in [-0.15, -0.1) is 0 Å². The highest BCUT2D eigenvalue weighted by Crippen LogP contribution is 2.54. The van der Waals surface area contributed by atoms with Gasteiger partial charge in [0.1, 0.15) is 0 Å². The minimum atomic E-state index is -0.837. The fourth-order valence-electron chi connectivity index (χ4n) is 3.36. The lowest BCUT2D eigenvalue weighted by Crippen LogP contribution is -2.29. The van der Waals surface area contributed by atoms with E-state index in [1.165, 1.54) is 0 Å². The van der Waals surface area contributed by atoms with Crippen LogP contribution in [-0.4, -0.2) is 10.5 Å². The minimum Gasteiger partial charge on any atom is -0.281 e. The van der Waals surface area contributed by atoms with Crippen LogP contribution in [0.15, 0.2) is 45.3 Å². The second-order valence-electron chi connectivity index (χ2n) is 5.53. The fourth-order valence-corrected chi connectivity index (χ4v) is 4.54. The van der Waals surface area contributed by atoms with E-state index >= 15 is 0 Å². The van der Waals surface area contributed by atoms with E-state index in [4.69, 9.17) is 23.2 Å². The van der Waals surface area contributed by atoms with Crippen molar-refractivity contribution in [2.75, 3.05) is 0 Å². The van der Waals surface area contributed by atoms with E-state index < -0.39 is 15.9 Å². The minimum absolute atomic E-state index is 0.0138. The highest BCUT2D eigenvalue weighted by molar-refractivity contribution is 9.10. The van der Waals surface area contributed by atoms with Crippen molar-refractivity contribution < 1.29 is 9.59 Å². The maximum absolute atomic E-state index is 11.8. The molecule has 0 heterocycles. The average molecular weight is 477 g/mol. The zero-order chi connectivity index (χ0) is 16.8. The van der Waals surface area contributed by atoms with Crippen molar-refractivity contribution in [3.63, 3.8) is 0 Å². The molecular formula is C17H10Br2Cl2O2. The van der Waals surface area contributed by atoms with Gasteiger partial charge < -0.3 is 0 Å². The second-order valence-corrected chi connectivity index (χ2v) is 8.20. The molecule has 2 aromatic carbocycles. The molecule has 0 aliphatic heterocycles. The smallest absolute Gasteiger partial charge is 0.222 e. The summed E-state index contributed by atoms with van der Waals surface area (Å²) in [6.45, 7) is 0. The van der Waals surface area contributed by atoms with E-state index in [0.717, 1.165) is 31.2 Å². The average Bonchev–Trinajstić information content (AvgIpc) is 2.68. The Morgan fingerprint density at radius 3 is 1.57 bits per heavy atom. The molecule has 6 heteroatoms. The normalized spacial score (nSPS) is 14.3. The molecule has 23 heavy (non-hydrogen) atoms. The lowest BCUT2D eigenvalue weighted by Gasteiger charge is -2.29. The van der Waals surface area contributed by atoms with Crippen molar-refractivity contribution >= 4 is 65.5 Å². The maximum Gasteiger partial charge on any atom is 0.222 e. The van der Waals surface area contributed by atoms with E-state index in [9.17, 15) is 9.59 Å². The number of hydrogen-bond acceptors (Lipinski definition) is 2. The molecule has 0 spiro atoms. The summed E-state index contributed by atoms with van der Waals surface area (Å²) in [5, 5.41) is -0.997. The first-order chi connectivity index (χ1) is 10.8. The van der Waals surface area contributed by atoms with E-state index in [1.807, 2.05) is 36.4 Å². The summed E-state index contributed by atoms with van der Waals surface area (Å²) in [6, 6.07) is 11.7. The Kier molecular flexibility index (Phi) is 4.71. The summed E-state index contributed by atoms with van der Waals surface area (Å²) < 4.78 is 1.74. The molecule has 3 rings (SSSR count). The zero-order valence-corrected chi connectivity index (χ0v) is 16.4. The van der Waals surface area contributed by atoms with Gasteiger partial charge in [-0.25, -0.2) is 0 Å². The van der Waals surface area contributed by atoms with E-state index in [1.54, 1.807) is 0 Å². The van der Waals surface area contributed by atoms with E-state index in [2.05, 4.69) is 31.9 Å². The standard InChI is InChI=1S/C17H10Br2Cl2O2/c18-9-1-3-11-12-4-2-10(19)6-14(12)17(7-15(20)22,8-16(21)23)13(11)5-9/h1-6H,7-8H2. The Morgan fingerprint density at radius 1 is 0.826 bits per heavy atom. The lowest BCUT2D eigenvalue weighted by atomic mass is 9.73. The molecule has 1 aliphatic rings. The molecule has 2 aromatic rings. The monoisotopic (exact) mass is 474 g/mol. The van der Waals surface area contributed by atoms with Crippen LogP contribution in [0.1, 0.15) is 24.0 Å². The third kappa shape index (κ3) is 3.02. The van der Waals surface area contributed by atoms with Crippen molar-refractivity contribution in [1.82, 2.24) is 0 Å². The Labute approximate surface area is 160 Å². The van der Waals surface area contributed by atoms with Gasteiger partial charge in [-0.05, 0) is 69.7 Å². The van der Waals surface area contributed by atoms with Gasteiger partial charge in [0.25, 0.3) is 0 Å². The summed E-state index contributed by atoms with van der Waals surface area (Å²) in [5.41, 5.74) is 2.93. The predicted octanol–water partition coefficient (Wildman–Crippen LogP) is 5.79. The summed E-state index contributed by atoms with van der Waals surface area (Å²) in [6.07, 6.45) is 0.0276. The van der Waals surface area contributed by atoms with Crippen LogP contribution >= 0.6 is 55.1 Å². The molecular weight excluding hydrogens is 467 g/mol. The van der Waals surface area contributed by atoms with Gasteiger partial charge in [-0.2, -0.15) is 0 Å². The number of carbonyl (C=O) groups excluding carboxylic acids is 2. The highest BCUT2D eigenvalue weighted by Gasteiger charge is 2.45.